The Balaban J connectivity index is 0.467. The molecular formula is C130H88N4O2. The van der Waals surface area contributed by atoms with Crippen LogP contribution >= 0.6 is 0 Å². The fourth-order valence-corrected chi connectivity index (χ4v) is 22.6. The van der Waals surface area contributed by atoms with Crippen molar-refractivity contribution in [2.75, 3.05) is 9.80 Å². The molecule has 0 saturated carbocycles. The van der Waals surface area contributed by atoms with Crippen molar-refractivity contribution in [3.63, 3.8) is 0 Å². The van der Waals surface area contributed by atoms with Gasteiger partial charge < -0.3 is 27.8 Å². The lowest BCUT2D eigenvalue weighted by molar-refractivity contribution is 0.660. The van der Waals surface area contributed by atoms with Crippen LogP contribution in [0.25, 0.3) is 210 Å². The topological polar surface area (TPSA) is 42.6 Å². The number of para-hydroxylation sites is 6. The van der Waals surface area contributed by atoms with Gasteiger partial charge in [-0.3, -0.25) is 0 Å². The molecule has 0 atom stereocenters. The Morgan fingerprint density at radius 1 is 0.191 bits per heavy atom. The van der Waals surface area contributed by atoms with E-state index in [0.29, 0.717) is 0 Å². The highest BCUT2D eigenvalue weighted by Crippen LogP contribution is 2.56. The molecule has 25 aromatic rings. The van der Waals surface area contributed by atoms with Gasteiger partial charge in [-0.25, -0.2) is 0 Å². The molecule has 0 N–H and O–H groups in total. The number of hydrogen-bond donors (Lipinski definition) is 0. The zero-order valence-corrected chi connectivity index (χ0v) is 75.5. The molecule has 0 amide bonds. The Morgan fingerprint density at radius 2 is 0.529 bits per heavy atom. The van der Waals surface area contributed by atoms with Gasteiger partial charge in [-0.1, -0.05) is 313 Å². The van der Waals surface area contributed by atoms with Gasteiger partial charge in [-0.05, 0) is 298 Å². The Bertz CT molecular complexity index is 9200. The number of rotatable bonds is 15. The lowest BCUT2D eigenvalue weighted by Crippen LogP contribution is -2.16. The van der Waals surface area contributed by atoms with Crippen LogP contribution in [0, 0.1) is 0 Å². The first-order valence-corrected chi connectivity index (χ1v) is 47.1. The zero-order chi connectivity index (χ0) is 90.2. The van der Waals surface area contributed by atoms with E-state index < -0.39 is 0 Å². The van der Waals surface area contributed by atoms with Crippen molar-refractivity contribution in [1.29, 1.82) is 0 Å². The van der Waals surface area contributed by atoms with Gasteiger partial charge in [0, 0.05) is 105 Å². The average molecular weight is 1740 g/mol. The van der Waals surface area contributed by atoms with Crippen LogP contribution in [-0.4, -0.2) is 9.13 Å². The number of nitrogens with zero attached hydrogens (tertiary/aromatic N) is 4. The number of fused-ring (bicyclic) bond motifs is 19. The second kappa shape index (κ2) is 30.6. The SMILES string of the molecule is CC1(C)c2cc(-c3ccc4c(c3)c3ccccc3n4-c3ccccc3)ccc2-c2ccc(N(c3ccc(-c4ccc(-c5cccc(-c6cccc7c6oc6ccc(-c8ccc(N(c9ccc%10c(c9)C(C)(C)c9cc(-c%11ccc%12c(c%11)c%11ccccc%11n%12-c%11ccccc%11)ccc9-%10)c9cccc%10ccccc9%10)cc8)cc67)c5)cc4)cc3)c3ccc(-c4ccc5oc6ccccc6c5c4)cc3)cc21. The summed E-state index contributed by atoms with van der Waals surface area (Å²) >= 11 is 0. The van der Waals surface area contributed by atoms with E-state index in [4.69, 9.17) is 8.83 Å². The van der Waals surface area contributed by atoms with E-state index >= 15 is 0 Å². The van der Waals surface area contributed by atoms with Crippen LogP contribution in [0.5, 0.6) is 0 Å². The summed E-state index contributed by atoms with van der Waals surface area (Å²) in [6.45, 7) is 9.59. The second-order valence-corrected chi connectivity index (χ2v) is 37.8. The Labute approximate surface area is 788 Å². The molecule has 0 unspecified atom stereocenters. The molecule has 6 heteroatoms. The summed E-state index contributed by atoms with van der Waals surface area (Å²) in [5.41, 5.74) is 43.1. The smallest absolute Gasteiger partial charge is 0.143 e. The van der Waals surface area contributed by atoms with Crippen molar-refractivity contribution >= 4 is 132 Å². The first-order valence-electron chi connectivity index (χ1n) is 47.1. The lowest BCUT2D eigenvalue weighted by Gasteiger charge is -2.29. The highest BCUT2D eigenvalue weighted by molar-refractivity contribution is 6.14. The molecule has 640 valence electrons. The first kappa shape index (κ1) is 78.5. The fourth-order valence-electron chi connectivity index (χ4n) is 22.6. The third-order valence-electron chi connectivity index (χ3n) is 29.5. The van der Waals surface area contributed by atoms with Crippen LogP contribution in [-0.2, 0) is 10.8 Å². The van der Waals surface area contributed by atoms with Gasteiger partial charge in [0.25, 0.3) is 0 Å². The third kappa shape index (κ3) is 12.6. The van der Waals surface area contributed by atoms with Crippen LogP contribution in [0.2, 0.25) is 0 Å². The Kier molecular flexibility index (Phi) is 17.7. The van der Waals surface area contributed by atoms with E-state index in [-0.39, 0.29) is 10.8 Å². The molecule has 2 aliphatic carbocycles. The van der Waals surface area contributed by atoms with Crippen LogP contribution in [0.1, 0.15) is 49.9 Å². The summed E-state index contributed by atoms with van der Waals surface area (Å²) in [7, 11) is 0. The summed E-state index contributed by atoms with van der Waals surface area (Å²) in [6, 6.07) is 170. The molecule has 0 spiro atoms. The number of aromatic nitrogens is 2. The number of hydrogen-bond acceptors (Lipinski definition) is 4. The molecule has 0 radical (unpaired) electrons. The second-order valence-electron chi connectivity index (χ2n) is 37.8. The van der Waals surface area contributed by atoms with E-state index in [9.17, 15) is 0 Å². The van der Waals surface area contributed by atoms with Crippen LogP contribution in [0.4, 0.5) is 34.1 Å². The largest absolute Gasteiger partial charge is 0.456 e. The highest BCUT2D eigenvalue weighted by Gasteiger charge is 2.39. The summed E-state index contributed by atoms with van der Waals surface area (Å²) in [6.07, 6.45) is 0. The van der Waals surface area contributed by atoms with E-state index in [1.807, 2.05) is 12.1 Å². The molecule has 0 fully saturated rings. The normalized spacial score (nSPS) is 13.0. The van der Waals surface area contributed by atoms with Crippen LogP contribution < -0.4 is 9.80 Å². The maximum atomic E-state index is 6.94. The van der Waals surface area contributed by atoms with Gasteiger partial charge in [0.05, 0.1) is 27.8 Å². The van der Waals surface area contributed by atoms with Gasteiger partial charge in [0.15, 0.2) is 0 Å². The van der Waals surface area contributed by atoms with Crippen LogP contribution in [0.15, 0.2) is 470 Å². The Morgan fingerprint density at radius 3 is 1.08 bits per heavy atom. The minimum absolute atomic E-state index is 0.284. The molecule has 6 nitrogen and oxygen atoms in total. The molecule has 27 rings (SSSR count). The number of furan rings is 2. The lowest BCUT2D eigenvalue weighted by atomic mass is 9.81. The summed E-state index contributed by atoms with van der Waals surface area (Å²) in [5.74, 6) is 0. The molecule has 4 heterocycles. The molecule has 0 aliphatic heterocycles. The van der Waals surface area contributed by atoms with Crippen molar-refractivity contribution in [2.24, 2.45) is 0 Å². The van der Waals surface area contributed by atoms with Crippen molar-refractivity contribution < 1.29 is 8.83 Å². The first-order chi connectivity index (χ1) is 66.9. The molecular weight excluding hydrogens is 1650 g/mol. The Hall–Kier alpha value is -17.3. The van der Waals surface area contributed by atoms with E-state index in [0.717, 1.165) is 145 Å². The monoisotopic (exact) mass is 1740 g/mol. The summed E-state index contributed by atoms with van der Waals surface area (Å²) < 4.78 is 18.0. The maximum Gasteiger partial charge on any atom is 0.143 e. The van der Waals surface area contributed by atoms with Gasteiger partial charge >= 0.3 is 0 Å². The molecule has 4 aromatic heterocycles. The van der Waals surface area contributed by atoms with Gasteiger partial charge in [0.1, 0.15) is 22.3 Å². The van der Waals surface area contributed by atoms with Crippen molar-refractivity contribution in [2.45, 2.75) is 38.5 Å². The third-order valence-corrected chi connectivity index (χ3v) is 29.5. The molecule has 136 heavy (non-hydrogen) atoms. The summed E-state index contributed by atoms with van der Waals surface area (Å²) in [5, 5.41) is 11.8. The molecule has 2 aliphatic rings. The van der Waals surface area contributed by atoms with E-state index in [1.54, 1.807) is 0 Å². The van der Waals surface area contributed by atoms with E-state index in [1.165, 1.54) is 121 Å². The minimum Gasteiger partial charge on any atom is -0.456 e. The minimum atomic E-state index is -0.299. The van der Waals surface area contributed by atoms with Crippen molar-refractivity contribution in [1.82, 2.24) is 9.13 Å². The van der Waals surface area contributed by atoms with Gasteiger partial charge in [-0.2, -0.15) is 0 Å². The van der Waals surface area contributed by atoms with Crippen molar-refractivity contribution in [3.8, 4) is 112 Å². The molecule has 0 bridgehead atoms. The number of benzene rings is 21. The summed E-state index contributed by atoms with van der Waals surface area (Å²) in [4.78, 5) is 4.87. The average Bonchev–Trinajstić information content (AvgIpc) is 1.57. The van der Waals surface area contributed by atoms with Gasteiger partial charge in [-0.15, -0.1) is 0 Å². The van der Waals surface area contributed by atoms with E-state index in [2.05, 4.69) is 496 Å². The predicted molar refractivity (Wildman–Crippen MR) is 570 cm³/mol. The van der Waals surface area contributed by atoms with Crippen LogP contribution in [0.3, 0.4) is 0 Å². The van der Waals surface area contributed by atoms with Crippen molar-refractivity contribution in [3.05, 3.63) is 483 Å². The quantitative estimate of drug-likeness (QED) is 0.103. The molecule has 0 saturated heterocycles. The highest BCUT2D eigenvalue weighted by atomic mass is 16.3. The maximum absolute atomic E-state index is 6.94. The van der Waals surface area contributed by atoms with Gasteiger partial charge in [0.2, 0.25) is 0 Å². The number of anilines is 6. The predicted octanol–water partition coefficient (Wildman–Crippen LogP) is 36.1. The zero-order valence-electron chi connectivity index (χ0n) is 75.5. The molecule has 21 aromatic carbocycles. The standard InChI is InChI=1S/C130H88N4O2/c1-129(2)116-77-92(90-52-68-123-112(73-90)108-31-13-16-36-121(108)133(123)95-26-7-5-8-27-95)50-64-104(116)106-66-62-100(79-118(106)129)131(98-58-46-84(47-59-98)88-54-70-126-114(75-88)110-33-15-18-39-125(110)135-126)97-56-44-82(45-57-97)81-40-42-83(43-41-81)87-24-19-25-94(72-87)103-34-21-35-111-115-76-89(55-71-127(115)136-128(103)111)85-48-60-99(61-49-85)132(120-38-20-23-86-22-11-12-30-102(86)120)101-63-67-107-105-65-51-93(78-117(105)130(3,4)119(107)80-101)91-53-69-124-113(74-91)109-32-14-17-37-122(109)134(124)96-28-9-6-10-29-96/h5-80H,1-4H3. The fraction of sp³-hybridized carbons (Fsp3) is 0.0462.